The van der Waals surface area contributed by atoms with Gasteiger partial charge in [-0.2, -0.15) is 0 Å². The Labute approximate surface area is 147 Å². The monoisotopic (exact) mass is 339 g/mol. The molecule has 1 aliphatic carbocycles. The first kappa shape index (κ1) is 16.3. The fraction of sp³-hybridized carbons (Fsp3) is 0.526. The number of hydrogen-bond donors (Lipinski definition) is 2. The summed E-state index contributed by atoms with van der Waals surface area (Å²) in [5.74, 6) is 1.92. The van der Waals surface area contributed by atoms with E-state index in [9.17, 15) is 4.79 Å². The zero-order valence-electron chi connectivity index (χ0n) is 14.5. The highest BCUT2D eigenvalue weighted by Gasteiger charge is 2.36. The first-order valence-electron chi connectivity index (χ1n) is 9.29. The minimum Gasteiger partial charge on any atom is -0.324 e. The maximum absolute atomic E-state index is 12.4. The summed E-state index contributed by atoms with van der Waals surface area (Å²) in [5.41, 5.74) is 7.32. The lowest BCUT2D eigenvalue weighted by molar-refractivity contribution is -0.121. The predicted molar refractivity (Wildman–Crippen MR) is 97.0 cm³/mol. The van der Waals surface area contributed by atoms with E-state index in [0.29, 0.717) is 0 Å². The van der Waals surface area contributed by atoms with Crippen LogP contribution >= 0.6 is 0 Å². The normalized spacial score (nSPS) is 19.2. The van der Waals surface area contributed by atoms with Gasteiger partial charge in [0, 0.05) is 24.2 Å². The van der Waals surface area contributed by atoms with Gasteiger partial charge in [-0.05, 0) is 49.9 Å². The molecule has 1 saturated carbocycles. The van der Waals surface area contributed by atoms with Crippen molar-refractivity contribution >= 4 is 11.6 Å². The summed E-state index contributed by atoms with van der Waals surface area (Å²) < 4.78 is 2.23. The number of carbonyl (C=O) groups excluding carboxylic acids is 1. The lowest BCUT2D eigenvalue weighted by Gasteiger charge is -2.22. The van der Waals surface area contributed by atoms with Gasteiger partial charge < -0.3 is 15.6 Å². The highest BCUT2D eigenvalue weighted by atomic mass is 16.2. The molecule has 132 valence electrons. The second kappa shape index (κ2) is 6.59. The molecule has 0 saturated heterocycles. The van der Waals surface area contributed by atoms with E-state index in [1.165, 1.54) is 19.3 Å². The number of amides is 1. The molecule has 2 aromatic rings. The zero-order chi connectivity index (χ0) is 17.3. The standard InChI is InChI=1S/C19H25N5O/c20-19(11-3-4-12-19)18(25)21-15-9-7-14(8-10-15)17-23-22-16-6-2-1-5-13-24(16)17/h7-10H,1-6,11-13,20H2,(H,21,25). The van der Waals surface area contributed by atoms with Crippen LogP contribution in [0, 0.1) is 0 Å². The van der Waals surface area contributed by atoms with Crippen molar-refractivity contribution in [3.63, 3.8) is 0 Å². The number of rotatable bonds is 3. The summed E-state index contributed by atoms with van der Waals surface area (Å²) in [6.07, 6.45) is 8.19. The Morgan fingerprint density at radius 3 is 2.56 bits per heavy atom. The Kier molecular flexibility index (Phi) is 4.29. The molecule has 2 heterocycles. The summed E-state index contributed by atoms with van der Waals surface area (Å²) in [6.45, 7) is 0.978. The van der Waals surface area contributed by atoms with Crippen LogP contribution in [-0.2, 0) is 17.8 Å². The van der Waals surface area contributed by atoms with Crippen molar-refractivity contribution in [3.05, 3.63) is 30.1 Å². The van der Waals surface area contributed by atoms with Crippen LogP contribution < -0.4 is 11.1 Å². The van der Waals surface area contributed by atoms with Gasteiger partial charge in [-0.3, -0.25) is 4.79 Å². The number of hydrogen-bond acceptors (Lipinski definition) is 4. The Hall–Kier alpha value is -2.21. The summed E-state index contributed by atoms with van der Waals surface area (Å²) >= 11 is 0. The number of aryl methyl sites for hydroxylation is 1. The second-order valence-corrected chi connectivity index (χ2v) is 7.30. The highest BCUT2D eigenvalue weighted by Crippen LogP contribution is 2.29. The van der Waals surface area contributed by atoms with Crippen molar-refractivity contribution in [3.8, 4) is 11.4 Å². The largest absolute Gasteiger partial charge is 0.324 e. The highest BCUT2D eigenvalue weighted by molar-refractivity contribution is 5.98. The minimum absolute atomic E-state index is 0.0749. The van der Waals surface area contributed by atoms with Crippen LogP contribution in [0.3, 0.4) is 0 Å². The summed E-state index contributed by atoms with van der Waals surface area (Å²) in [4.78, 5) is 12.4. The molecule has 1 aromatic heterocycles. The van der Waals surface area contributed by atoms with E-state index in [-0.39, 0.29) is 5.91 Å². The minimum atomic E-state index is -0.705. The number of aromatic nitrogens is 3. The quantitative estimate of drug-likeness (QED) is 0.900. The van der Waals surface area contributed by atoms with Crippen molar-refractivity contribution in [1.82, 2.24) is 14.8 Å². The van der Waals surface area contributed by atoms with Crippen LogP contribution in [0.1, 0.15) is 50.8 Å². The predicted octanol–water partition coefficient (Wildman–Crippen LogP) is 2.88. The van der Waals surface area contributed by atoms with Gasteiger partial charge in [-0.15, -0.1) is 10.2 Å². The third-order valence-corrected chi connectivity index (χ3v) is 5.46. The van der Waals surface area contributed by atoms with Gasteiger partial charge >= 0.3 is 0 Å². The van der Waals surface area contributed by atoms with Crippen LogP contribution in [0.2, 0.25) is 0 Å². The average Bonchev–Trinajstić information content (AvgIpc) is 3.17. The number of anilines is 1. The molecule has 0 atom stereocenters. The average molecular weight is 339 g/mol. The lowest BCUT2D eigenvalue weighted by atomic mass is 9.98. The first-order valence-corrected chi connectivity index (χ1v) is 9.29. The van der Waals surface area contributed by atoms with Crippen LogP contribution in [0.15, 0.2) is 24.3 Å². The first-order chi connectivity index (χ1) is 12.2. The molecule has 0 bridgehead atoms. The molecule has 0 unspecified atom stereocenters. The van der Waals surface area contributed by atoms with Crippen LogP contribution in [-0.4, -0.2) is 26.2 Å². The third kappa shape index (κ3) is 3.18. The third-order valence-electron chi connectivity index (χ3n) is 5.46. The molecule has 1 amide bonds. The van der Waals surface area contributed by atoms with Crippen molar-refractivity contribution in [2.75, 3.05) is 5.32 Å². The maximum atomic E-state index is 12.4. The van der Waals surface area contributed by atoms with Gasteiger partial charge in [0.25, 0.3) is 0 Å². The molecule has 4 rings (SSSR count). The topological polar surface area (TPSA) is 85.8 Å². The number of fused-ring (bicyclic) bond motifs is 1. The van der Waals surface area contributed by atoms with Crippen molar-refractivity contribution < 1.29 is 4.79 Å². The van der Waals surface area contributed by atoms with Crippen LogP contribution in [0.4, 0.5) is 5.69 Å². The molecule has 0 spiro atoms. The second-order valence-electron chi connectivity index (χ2n) is 7.30. The van der Waals surface area contributed by atoms with Crippen molar-refractivity contribution in [2.24, 2.45) is 5.73 Å². The molecule has 1 fully saturated rings. The Morgan fingerprint density at radius 2 is 1.80 bits per heavy atom. The van der Waals surface area contributed by atoms with E-state index in [1.54, 1.807) is 0 Å². The molecule has 0 radical (unpaired) electrons. The molecule has 6 heteroatoms. The van der Waals surface area contributed by atoms with Crippen LogP contribution in [0.5, 0.6) is 0 Å². The summed E-state index contributed by atoms with van der Waals surface area (Å²) in [7, 11) is 0. The van der Waals surface area contributed by atoms with E-state index in [4.69, 9.17) is 5.73 Å². The Morgan fingerprint density at radius 1 is 1.04 bits per heavy atom. The molecule has 6 nitrogen and oxygen atoms in total. The van der Waals surface area contributed by atoms with Crippen LogP contribution in [0.25, 0.3) is 11.4 Å². The van der Waals surface area contributed by atoms with Crippen molar-refractivity contribution in [1.29, 1.82) is 0 Å². The Balaban J connectivity index is 1.51. The summed E-state index contributed by atoms with van der Waals surface area (Å²) in [6, 6.07) is 7.83. The van der Waals surface area contributed by atoms with Crippen molar-refractivity contribution in [2.45, 2.75) is 63.5 Å². The smallest absolute Gasteiger partial charge is 0.244 e. The number of nitrogens with one attached hydrogen (secondary N) is 1. The van der Waals surface area contributed by atoms with Gasteiger partial charge in [-0.25, -0.2) is 0 Å². The Bertz CT molecular complexity index is 759. The molecule has 1 aliphatic heterocycles. The lowest BCUT2D eigenvalue weighted by Crippen LogP contribution is -2.48. The fourth-order valence-corrected chi connectivity index (χ4v) is 3.89. The van der Waals surface area contributed by atoms with Gasteiger partial charge in [-0.1, -0.05) is 19.3 Å². The van der Waals surface area contributed by atoms with Gasteiger partial charge in [0.1, 0.15) is 5.82 Å². The van der Waals surface area contributed by atoms with E-state index in [1.807, 2.05) is 24.3 Å². The zero-order valence-corrected chi connectivity index (χ0v) is 14.5. The van der Waals surface area contributed by atoms with E-state index < -0.39 is 5.54 Å². The number of nitrogens with zero attached hydrogens (tertiary/aromatic N) is 3. The maximum Gasteiger partial charge on any atom is 0.244 e. The number of carbonyl (C=O) groups is 1. The fourth-order valence-electron chi connectivity index (χ4n) is 3.89. The molecule has 25 heavy (non-hydrogen) atoms. The number of benzene rings is 1. The van der Waals surface area contributed by atoms with E-state index in [0.717, 1.165) is 61.5 Å². The molecule has 2 aliphatic rings. The SMILES string of the molecule is NC1(C(=O)Nc2ccc(-c3nnc4n3CCCCC4)cc2)CCCC1. The van der Waals surface area contributed by atoms with Gasteiger partial charge in [0.05, 0.1) is 5.54 Å². The molecule has 3 N–H and O–H groups in total. The van der Waals surface area contributed by atoms with E-state index >= 15 is 0 Å². The molecular weight excluding hydrogens is 314 g/mol. The summed E-state index contributed by atoms with van der Waals surface area (Å²) in [5, 5.41) is 11.7. The molecule has 1 aromatic carbocycles. The van der Waals surface area contributed by atoms with Gasteiger partial charge in [0.2, 0.25) is 5.91 Å². The molecular formula is C19H25N5O. The van der Waals surface area contributed by atoms with E-state index in [2.05, 4.69) is 20.1 Å². The van der Waals surface area contributed by atoms with Gasteiger partial charge in [0.15, 0.2) is 5.82 Å². The number of nitrogens with two attached hydrogens (primary N) is 1.